The number of nitrogens with one attached hydrogen (secondary N) is 1. The lowest BCUT2D eigenvalue weighted by atomic mass is 9.87. The first-order valence-corrected chi connectivity index (χ1v) is 7.81. The van der Waals surface area contributed by atoms with Crippen LogP contribution in [0.3, 0.4) is 0 Å². The van der Waals surface area contributed by atoms with Crippen molar-refractivity contribution in [3.63, 3.8) is 0 Å². The third kappa shape index (κ3) is 3.82. The molecule has 0 spiro atoms. The van der Waals surface area contributed by atoms with Gasteiger partial charge in [-0.25, -0.2) is 0 Å². The molecule has 1 fully saturated rings. The van der Waals surface area contributed by atoms with E-state index in [0.29, 0.717) is 22.4 Å². The highest BCUT2D eigenvalue weighted by Gasteiger charge is 2.27. The van der Waals surface area contributed by atoms with Gasteiger partial charge < -0.3 is 19.5 Å². The molecule has 1 aliphatic rings. The van der Waals surface area contributed by atoms with E-state index in [1.165, 1.54) is 0 Å². The number of benzene rings is 1. The minimum atomic E-state index is 0.214. The van der Waals surface area contributed by atoms with Crippen molar-refractivity contribution in [3.05, 3.63) is 22.7 Å². The quantitative estimate of drug-likeness (QED) is 0.873. The first-order valence-electron chi connectivity index (χ1n) is 7.43. The summed E-state index contributed by atoms with van der Waals surface area (Å²) in [5.74, 6) is 1.90. The van der Waals surface area contributed by atoms with Crippen LogP contribution in [0.15, 0.2) is 12.1 Å². The lowest BCUT2D eigenvalue weighted by Crippen LogP contribution is -2.32. The Kier molecular flexibility index (Phi) is 6.15. The van der Waals surface area contributed by atoms with Crippen molar-refractivity contribution in [2.24, 2.45) is 5.92 Å². The zero-order valence-corrected chi connectivity index (χ0v) is 13.7. The van der Waals surface area contributed by atoms with Crippen molar-refractivity contribution in [3.8, 4) is 11.5 Å². The molecule has 1 N–H and O–H groups in total. The fourth-order valence-corrected chi connectivity index (χ4v) is 3.18. The van der Waals surface area contributed by atoms with Crippen molar-refractivity contribution in [1.82, 2.24) is 5.32 Å². The molecule has 1 heterocycles. The molecule has 0 aliphatic carbocycles. The molecule has 0 amide bonds. The van der Waals surface area contributed by atoms with Crippen LogP contribution < -0.4 is 14.8 Å². The number of methoxy groups -OCH3 is 2. The third-order valence-electron chi connectivity index (χ3n) is 4.00. The molecule has 21 heavy (non-hydrogen) atoms. The van der Waals surface area contributed by atoms with Crippen molar-refractivity contribution < 1.29 is 14.2 Å². The fourth-order valence-electron chi connectivity index (χ4n) is 2.91. The van der Waals surface area contributed by atoms with Crippen LogP contribution >= 0.6 is 11.6 Å². The molecular weight excluding hydrogens is 290 g/mol. The molecule has 1 unspecified atom stereocenters. The number of halogens is 1. The highest BCUT2D eigenvalue weighted by molar-refractivity contribution is 6.31. The van der Waals surface area contributed by atoms with Gasteiger partial charge in [0.25, 0.3) is 0 Å². The average molecular weight is 314 g/mol. The summed E-state index contributed by atoms with van der Waals surface area (Å²) in [6.45, 7) is 4.64. The zero-order valence-electron chi connectivity index (χ0n) is 12.9. The summed E-state index contributed by atoms with van der Waals surface area (Å²) in [5, 5.41) is 4.27. The molecule has 0 bridgehead atoms. The van der Waals surface area contributed by atoms with Crippen LogP contribution in [0.25, 0.3) is 0 Å². The summed E-state index contributed by atoms with van der Waals surface area (Å²) in [4.78, 5) is 0. The molecule has 5 heteroatoms. The Bertz CT molecular complexity index is 461. The second-order valence-electron chi connectivity index (χ2n) is 5.21. The van der Waals surface area contributed by atoms with E-state index in [9.17, 15) is 0 Å². The van der Waals surface area contributed by atoms with Gasteiger partial charge in [0.05, 0.1) is 14.2 Å². The Labute approximate surface area is 131 Å². The predicted molar refractivity (Wildman–Crippen MR) is 84.5 cm³/mol. The molecule has 1 aromatic carbocycles. The van der Waals surface area contributed by atoms with Crippen LogP contribution in [0.4, 0.5) is 0 Å². The molecule has 118 valence electrons. The monoisotopic (exact) mass is 313 g/mol. The molecule has 1 aliphatic heterocycles. The normalized spacial score (nSPS) is 17.5. The van der Waals surface area contributed by atoms with Crippen molar-refractivity contribution in [1.29, 1.82) is 0 Å². The Morgan fingerprint density at radius 1 is 1.24 bits per heavy atom. The van der Waals surface area contributed by atoms with Crippen LogP contribution in [-0.4, -0.2) is 34.0 Å². The highest BCUT2D eigenvalue weighted by atomic mass is 35.5. The van der Waals surface area contributed by atoms with Gasteiger partial charge in [0.15, 0.2) is 11.5 Å². The van der Waals surface area contributed by atoms with Gasteiger partial charge in [0, 0.05) is 30.3 Å². The Hall–Kier alpha value is -0.970. The zero-order chi connectivity index (χ0) is 15.2. The van der Waals surface area contributed by atoms with E-state index in [1.807, 2.05) is 12.1 Å². The van der Waals surface area contributed by atoms with Gasteiger partial charge in [-0.05, 0) is 36.9 Å². The van der Waals surface area contributed by atoms with E-state index in [1.54, 1.807) is 14.2 Å². The SMILES string of the molecule is CCNC(c1cc(OC)c(OC)cc1Cl)C1CCOCC1. The van der Waals surface area contributed by atoms with Gasteiger partial charge in [0.1, 0.15) is 0 Å². The number of rotatable bonds is 6. The van der Waals surface area contributed by atoms with Crippen LogP contribution in [-0.2, 0) is 4.74 Å². The van der Waals surface area contributed by atoms with Gasteiger partial charge in [-0.1, -0.05) is 18.5 Å². The minimum Gasteiger partial charge on any atom is -0.493 e. The lowest BCUT2D eigenvalue weighted by molar-refractivity contribution is 0.0538. The topological polar surface area (TPSA) is 39.7 Å². The molecular formula is C16H24ClNO3. The molecule has 0 aromatic heterocycles. The van der Waals surface area contributed by atoms with Crippen molar-refractivity contribution in [2.45, 2.75) is 25.8 Å². The summed E-state index contributed by atoms with van der Waals surface area (Å²) >= 11 is 6.48. The standard InChI is InChI=1S/C16H24ClNO3/c1-4-18-16(11-5-7-21-8-6-11)12-9-14(19-2)15(20-3)10-13(12)17/h9-11,16,18H,4-8H2,1-3H3. The maximum absolute atomic E-state index is 6.48. The molecule has 0 radical (unpaired) electrons. The van der Waals surface area contributed by atoms with Crippen molar-refractivity contribution in [2.75, 3.05) is 34.0 Å². The highest BCUT2D eigenvalue weighted by Crippen LogP contribution is 2.39. The summed E-state index contributed by atoms with van der Waals surface area (Å²) in [5.41, 5.74) is 1.07. The molecule has 1 atom stereocenters. The summed E-state index contributed by atoms with van der Waals surface area (Å²) < 4.78 is 16.2. The molecule has 4 nitrogen and oxygen atoms in total. The first-order chi connectivity index (χ1) is 10.2. The van der Waals surface area contributed by atoms with Crippen LogP contribution in [0, 0.1) is 5.92 Å². The molecule has 1 aromatic rings. The minimum absolute atomic E-state index is 0.214. The van der Waals surface area contributed by atoms with E-state index in [-0.39, 0.29) is 6.04 Å². The largest absolute Gasteiger partial charge is 0.493 e. The fraction of sp³-hybridized carbons (Fsp3) is 0.625. The van der Waals surface area contributed by atoms with E-state index < -0.39 is 0 Å². The van der Waals surface area contributed by atoms with Gasteiger partial charge in [0.2, 0.25) is 0 Å². The Morgan fingerprint density at radius 3 is 2.43 bits per heavy atom. The Balaban J connectivity index is 2.34. The van der Waals surface area contributed by atoms with Gasteiger partial charge in [-0.2, -0.15) is 0 Å². The van der Waals surface area contributed by atoms with E-state index in [4.69, 9.17) is 25.8 Å². The molecule has 2 rings (SSSR count). The second-order valence-corrected chi connectivity index (χ2v) is 5.62. The smallest absolute Gasteiger partial charge is 0.162 e. The van der Waals surface area contributed by atoms with Crippen LogP contribution in [0.5, 0.6) is 11.5 Å². The number of hydrogen-bond donors (Lipinski definition) is 1. The van der Waals surface area contributed by atoms with Gasteiger partial charge in [-0.3, -0.25) is 0 Å². The lowest BCUT2D eigenvalue weighted by Gasteiger charge is -2.32. The van der Waals surface area contributed by atoms with E-state index >= 15 is 0 Å². The summed E-state index contributed by atoms with van der Waals surface area (Å²) in [6.07, 6.45) is 2.09. The van der Waals surface area contributed by atoms with Crippen LogP contribution in [0.2, 0.25) is 5.02 Å². The Morgan fingerprint density at radius 2 is 1.86 bits per heavy atom. The van der Waals surface area contributed by atoms with E-state index in [2.05, 4.69) is 12.2 Å². The van der Waals surface area contributed by atoms with Crippen LogP contribution in [0.1, 0.15) is 31.4 Å². The summed E-state index contributed by atoms with van der Waals surface area (Å²) in [7, 11) is 3.26. The first kappa shape index (κ1) is 16.4. The number of hydrogen-bond acceptors (Lipinski definition) is 4. The molecule has 0 saturated carbocycles. The maximum atomic E-state index is 6.48. The predicted octanol–water partition coefficient (Wildman–Crippen LogP) is 3.43. The van der Waals surface area contributed by atoms with Gasteiger partial charge >= 0.3 is 0 Å². The summed E-state index contributed by atoms with van der Waals surface area (Å²) in [6, 6.07) is 4.04. The van der Waals surface area contributed by atoms with E-state index in [0.717, 1.165) is 38.2 Å². The third-order valence-corrected chi connectivity index (χ3v) is 4.33. The average Bonchev–Trinajstić information content (AvgIpc) is 2.53. The maximum Gasteiger partial charge on any atom is 0.162 e. The second kappa shape index (κ2) is 7.87. The van der Waals surface area contributed by atoms with Gasteiger partial charge in [-0.15, -0.1) is 0 Å². The number of ether oxygens (including phenoxy) is 3. The van der Waals surface area contributed by atoms with Crippen molar-refractivity contribution >= 4 is 11.6 Å². The molecule has 1 saturated heterocycles.